The Hall–Kier alpha value is -0.120. The molecule has 1 aliphatic heterocycles. The summed E-state index contributed by atoms with van der Waals surface area (Å²) in [7, 11) is 4.37. The Morgan fingerprint density at radius 3 is 2.53 bits per heavy atom. The summed E-state index contributed by atoms with van der Waals surface area (Å²) in [5.41, 5.74) is 0. The summed E-state index contributed by atoms with van der Waals surface area (Å²) in [6.45, 7) is 6.02. The van der Waals surface area contributed by atoms with Crippen molar-refractivity contribution in [3.63, 3.8) is 0 Å². The third kappa shape index (κ3) is 3.21. The Kier molecular flexibility index (Phi) is 4.83. The monoisotopic (exact) mass is 239 g/mol. The number of nitrogens with zero attached hydrogens (tertiary/aromatic N) is 2. The zero-order chi connectivity index (χ0) is 12.3. The molecule has 0 spiro atoms. The molecule has 0 aromatic carbocycles. The smallest absolute Gasteiger partial charge is 0.0350 e. The van der Waals surface area contributed by atoms with Gasteiger partial charge in [0.1, 0.15) is 0 Å². The van der Waals surface area contributed by atoms with Gasteiger partial charge in [-0.1, -0.05) is 12.8 Å². The largest absolute Gasteiger partial charge is 0.318 e. The molecular weight excluding hydrogens is 210 g/mol. The average molecular weight is 239 g/mol. The van der Waals surface area contributed by atoms with Gasteiger partial charge in [-0.25, -0.2) is 0 Å². The fraction of sp³-hybridized carbons (Fsp3) is 1.00. The minimum atomic E-state index is 0.707. The standard InChI is InChI=1S/C14H29N3/c1-12-8-9-17(13-6-4-5-7-13)14(10-15-2)11-16(12)3/h12-15H,4-11H2,1-3H3. The lowest BCUT2D eigenvalue weighted by atomic mass is 10.1. The second kappa shape index (κ2) is 6.17. The van der Waals surface area contributed by atoms with Crippen molar-refractivity contribution >= 4 is 0 Å². The Balaban J connectivity index is 2.03. The first kappa shape index (κ1) is 13.3. The van der Waals surface area contributed by atoms with Crippen LogP contribution in [0, 0.1) is 0 Å². The van der Waals surface area contributed by atoms with Crippen molar-refractivity contribution in [2.24, 2.45) is 0 Å². The molecular formula is C14H29N3. The van der Waals surface area contributed by atoms with Crippen molar-refractivity contribution in [2.45, 2.75) is 57.2 Å². The highest BCUT2D eigenvalue weighted by atomic mass is 15.3. The lowest BCUT2D eigenvalue weighted by molar-refractivity contribution is 0.131. The predicted octanol–water partition coefficient (Wildman–Crippen LogP) is 1.54. The van der Waals surface area contributed by atoms with E-state index >= 15 is 0 Å². The fourth-order valence-electron chi connectivity index (χ4n) is 3.49. The van der Waals surface area contributed by atoms with Crippen molar-refractivity contribution < 1.29 is 0 Å². The third-order valence-electron chi connectivity index (χ3n) is 4.76. The van der Waals surface area contributed by atoms with Crippen LogP contribution in [-0.4, -0.2) is 61.7 Å². The molecule has 2 unspecified atom stereocenters. The summed E-state index contributed by atoms with van der Waals surface area (Å²) in [5.74, 6) is 0. The van der Waals surface area contributed by atoms with Crippen molar-refractivity contribution in [3.8, 4) is 0 Å². The number of hydrogen-bond acceptors (Lipinski definition) is 3. The maximum Gasteiger partial charge on any atom is 0.0350 e. The quantitative estimate of drug-likeness (QED) is 0.806. The molecule has 100 valence electrons. The van der Waals surface area contributed by atoms with E-state index in [2.05, 4.69) is 36.1 Å². The van der Waals surface area contributed by atoms with Gasteiger partial charge in [-0.05, 0) is 40.3 Å². The van der Waals surface area contributed by atoms with E-state index in [0.29, 0.717) is 6.04 Å². The molecule has 3 heteroatoms. The summed E-state index contributed by atoms with van der Waals surface area (Å²) < 4.78 is 0. The minimum Gasteiger partial charge on any atom is -0.318 e. The molecule has 1 saturated heterocycles. The van der Waals surface area contributed by atoms with Gasteiger partial charge in [0.2, 0.25) is 0 Å². The average Bonchev–Trinajstić information content (AvgIpc) is 2.78. The summed E-state index contributed by atoms with van der Waals surface area (Å²) in [4.78, 5) is 5.35. The SMILES string of the molecule is CNCC1CN(C)C(C)CCN1C1CCCC1. The van der Waals surface area contributed by atoms with Crippen LogP contribution >= 0.6 is 0 Å². The second-order valence-electron chi connectivity index (χ2n) is 5.96. The van der Waals surface area contributed by atoms with Gasteiger partial charge >= 0.3 is 0 Å². The van der Waals surface area contributed by atoms with Gasteiger partial charge in [0.15, 0.2) is 0 Å². The van der Waals surface area contributed by atoms with Crippen molar-refractivity contribution in [1.82, 2.24) is 15.1 Å². The van der Waals surface area contributed by atoms with Crippen LogP contribution < -0.4 is 5.32 Å². The molecule has 0 aromatic rings. The normalized spacial score (nSPS) is 34.1. The van der Waals surface area contributed by atoms with Crippen LogP contribution in [0.5, 0.6) is 0 Å². The van der Waals surface area contributed by atoms with Crippen LogP contribution in [0.2, 0.25) is 0 Å². The van der Waals surface area contributed by atoms with E-state index in [1.54, 1.807) is 0 Å². The Bertz CT molecular complexity index is 226. The van der Waals surface area contributed by atoms with Crippen molar-refractivity contribution in [3.05, 3.63) is 0 Å². The molecule has 0 radical (unpaired) electrons. The Morgan fingerprint density at radius 1 is 1.18 bits per heavy atom. The molecule has 0 aromatic heterocycles. The lowest BCUT2D eigenvalue weighted by Gasteiger charge is -2.35. The molecule has 0 bridgehead atoms. The van der Waals surface area contributed by atoms with E-state index in [4.69, 9.17) is 0 Å². The maximum atomic E-state index is 3.39. The van der Waals surface area contributed by atoms with E-state index in [9.17, 15) is 0 Å². The highest BCUT2D eigenvalue weighted by Crippen LogP contribution is 2.27. The number of likely N-dealkylation sites (N-methyl/N-ethyl adjacent to an activating group) is 2. The first-order chi connectivity index (χ1) is 8.22. The van der Waals surface area contributed by atoms with E-state index < -0.39 is 0 Å². The van der Waals surface area contributed by atoms with Gasteiger partial charge in [0, 0.05) is 37.8 Å². The first-order valence-electron chi connectivity index (χ1n) is 7.33. The van der Waals surface area contributed by atoms with Gasteiger partial charge < -0.3 is 10.2 Å². The number of hydrogen-bond donors (Lipinski definition) is 1. The summed E-state index contributed by atoms with van der Waals surface area (Å²) >= 11 is 0. The second-order valence-corrected chi connectivity index (χ2v) is 5.96. The lowest BCUT2D eigenvalue weighted by Crippen LogP contribution is -2.49. The zero-order valence-electron chi connectivity index (χ0n) is 11.8. The number of rotatable bonds is 3. The predicted molar refractivity (Wildman–Crippen MR) is 73.4 cm³/mol. The minimum absolute atomic E-state index is 0.707. The van der Waals surface area contributed by atoms with E-state index in [0.717, 1.165) is 18.6 Å². The molecule has 1 heterocycles. The first-order valence-corrected chi connectivity index (χ1v) is 7.33. The van der Waals surface area contributed by atoms with E-state index in [1.807, 2.05) is 0 Å². The molecule has 0 amide bonds. The van der Waals surface area contributed by atoms with E-state index in [-0.39, 0.29) is 0 Å². The fourth-order valence-corrected chi connectivity index (χ4v) is 3.49. The molecule has 2 fully saturated rings. The van der Waals surface area contributed by atoms with Gasteiger partial charge in [0.05, 0.1) is 0 Å². The topological polar surface area (TPSA) is 18.5 Å². The summed E-state index contributed by atoms with van der Waals surface area (Å²) in [5, 5.41) is 3.39. The van der Waals surface area contributed by atoms with Crippen LogP contribution in [-0.2, 0) is 0 Å². The molecule has 2 atom stereocenters. The molecule has 1 saturated carbocycles. The van der Waals surface area contributed by atoms with Crippen molar-refractivity contribution in [1.29, 1.82) is 0 Å². The zero-order valence-corrected chi connectivity index (χ0v) is 11.8. The Morgan fingerprint density at radius 2 is 1.88 bits per heavy atom. The van der Waals surface area contributed by atoms with Gasteiger partial charge in [-0.2, -0.15) is 0 Å². The third-order valence-corrected chi connectivity index (χ3v) is 4.76. The summed E-state index contributed by atoms with van der Waals surface area (Å²) in [6.07, 6.45) is 7.07. The molecule has 2 aliphatic rings. The molecule has 2 rings (SSSR count). The number of nitrogens with one attached hydrogen (secondary N) is 1. The van der Waals surface area contributed by atoms with Crippen LogP contribution in [0.4, 0.5) is 0 Å². The molecule has 1 aliphatic carbocycles. The maximum absolute atomic E-state index is 3.39. The van der Waals surface area contributed by atoms with Gasteiger partial charge in [0.25, 0.3) is 0 Å². The highest BCUT2D eigenvalue weighted by Gasteiger charge is 2.32. The molecule has 1 N–H and O–H groups in total. The molecule has 3 nitrogen and oxygen atoms in total. The highest BCUT2D eigenvalue weighted by molar-refractivity contribution is 4.89. The summed E-state index contributed by atoms with van der Waals surface area (Å²) in [6, 6.07) is 2.31. The Labute approximate surface area is 107 Å². The van der Waals surface area contributed by atoms with Crippen LogP contribution in [0.25, 0.3) is 0 Å². The van der Waals surface area contributed by atoms with Crippen LogP contribution in [0.3, 0.4) is 0 Å². The van der Waals surface area contributed by atoms with Crippen molar-refractivity contribution in [2.75, 3.05) is 33.7 Å². The van der Waals surface area contributed by atoms with E-state index in [1.165, 1.54) is 45.2 Å². The van der Waals surface area contributed by atoms with Crippen LogP contribution in [0.15, 0.2) is 0 Å². The van der Waals surface area contributed by atoms with Gasteiger partial charge in [-0.3, -0.25) is 4.90 Å². The van der Waals surface area contributed by atoms with Crippen LogP contribution in [0.1, 0.15) is 39.0 Å². The molecule has 17 heavy (non-hydrogen) atoms. The van der Waals surface area contributed by atoms with Gasteiger partial charge in [-0.15, -0.1) is 0 Å².